The molecule has 0 heterocycles. The van der Waals surface area contributed by atoms with E-state index in [0.29, 0.717) is 12.8 Å². The second-order valence-electron chi connectivity index (χ2n) is 4.32. The molecule has 0 spiro atoms. The van der Waals surface area contributed by atoms with Crippen LogP contribution >= 0.6 is 0 Å². The maximum Gasteiger partial charge on any atom is 0.390 e. The molecule has 2 amide bonds. The van der Waals surface area contributed by atoms with Crippen molar-refractivity contribution in [1.29, 1.82) is 0 Å². The van der Waals surface area contributed by atoms with Gasteiger partial charge >= 0.3 is 18.2 Å². The van der Waals surface area contributed by atoms with Gasteiger partial charge in [-0.1, -0.05) is 13.3 Å². The van der Waals surface area contributed by atoms with Crippen molar-refractivity contribution in [1.82, 2.24) is 10.2 Å². The van der Waals surface area contributed by atoms with Crippen LogP contribution in [0.2, 0.25) is 0 Å². The lowest BCUT2D eigenvalue weighted by Gasteiger charge is -2.23. The van der Waals surface area contributed by atoms with E-state index >= 15 is 0 Å². The molecule has 0 saturated carbocycles. The molecule has 0 aromatic carbocycles. The first-order valence-corrected chi connectivity index (χ1v) is 5.96. The highest BCUT2D eigenvalue weighted by atomic mass is 19.4. The molecule has 0 fully saturated rings. The summed E-state index contributed by atoms with van der Waals surface area (Å²) in [5, 5.41) is 11.1. The van der Waals surface area contributed by atoms with Crippen LogP contribution in [0.4, 0.5) is 18.0 Å². The summed E-state index contributed by atoms with van der Waals surface area (Å²) in [6.07, 6.45) is -4.52. The van der Waals surface area contributed by atoms with Crippen LogP contribution in [0.15, 0.2) is 0 Å². The summed E-state index contributed by atoms with van der Waals surface area (Å²) in [5.74, 6) is -1.06. The number of aliphatic carboxylic acids is 1. The lowest BCUT2D eigenvalue weighted by molar-refractivity contribution is -0.137. The minimum absolute atomic E-state index is 0.243. The fourth-order valence-corrected chi connectivity index (χ4v) is 1.47. The van der Waals surface area contributed by atoms with Crippen molar-refractivity contribution in [3.8, 4) is 0 Å². The summed E-state index contributed by atoms with van der Waals surface area (Å²) in [5.41, 5.74) is 0. The molecule has 0 radical (unpaired) electrons. The average Bonchev–Trinajstić information content (AvgIpc) is 2.24. The molecule has 2 N–H and O–H groups in total. The molecule has 0 bridgehead atoms. The van der Waals surface area contributed by atoms with E-state index in [9.17, 15) is 22.8 Å². The number of hydrogen-bond donors (Lipinski definition) is 2. The van der Waals surface area contributed by atoms with Gasteiger partial charge in [0.05, 0.1) is 12.8 Å². The van der Waals surface area contributed by atoms with Crippen molar-refractivity contribution in [2.24, 2.45) is 0 Å². The Morgan fingerprint density at radius 1 is 1.37 bits per heavy atom. The fourth-order valence-electron chi connectivity index (χ4n) is 1.47. The molecule has 0 aliphatic heterocycles. The number of carbonyl (C=O) groups is 2. The normalized spacial score (nSPS) is 12.9. The van der Waals surface area contributed by atoms with Gasteiger partial charge in [-0.3, -0.25) is 4.79 Å². The van der Waals surface area contributed by atoms with Crippen LogP contribution in [-0.4, -0.2) is 47.8 Å². The number of hydrogen-bond acceptors (Lipinski definition) is 2. The predicted molar refractivity (Wildman–Crippen MR) is 62.8 cm³/mol. The maximum atomic E-state index is 12.0. The Bertz CT molecular complexity index is 308. The molecule has 0 saturated heterocycles. The van der Waals surface area contributed by atoms with Crippen LogP contribution in [0.1, 0.15) is 32.6 Å². The summed E-state index contributed by atoms with van der Waals surface area (Å²) in [6.45, 7) is 1.37. The molecule has 1 unspecified atom stereocenters. The predicted octanol–water partition coefficient (Wildman–Crippen LogP) is 2.22. The minimum Gasteiger partial charge on any atom is -0.481 e. The minimum atomic E-state index is -4.32. The maximum absolute atomic E-state index is 12.0. The Labute approximate surface area is 109 Å². The lowest BCUT2D eigenvalue weighted by atomic mass is 10.1. The molecule has 0 aromatic rings. The number of amides is 2. The number of nitrogens with zero attached hydrogens (tertiary/aromatic N) is 1. The first kappa shape index (κ1) is 17.5. The van der Waals surface area contributed by atoms with Crippen LogP contribution in [0.5, 0.6) is 0 Å². The van der Waals surface area contributed by atoms with E-state index in [1.807, 2.05) is 6.92 Å². The molecule has 8 heteroatoms. The summed E-state index contributed by atoms with van der Waals surface area (Å²) in [4.78, 5) is 23.1. The van der Waals surface area contributed by atoms with Crippen molar-refractivity contribution >= 4 is 12.0 Å². The molecule has 0 aliphatic rings. The molecule has 1 atom stereocenters. The lowest BCUT2D eigenvalue weighted by Crippen LogP contribution is -2.44. The zero-order valence-electron chi connectivity index (χ0n) is 11.0. The van der Waals surface area contributed by atoms with E-state index in [-0.39, 0.29) is 6.42 Å². The van der Waals surface area contributed by atoms with Gasteiger partial charge in [0.1, 0.15) is 0 Å². The Morgan fingerprint density at radius 3 is 2.37 bits per heavy atom. The summed E-state index contributed by atoms with van der Waals surface area (Å²) < 4.78 is 36.0. The number of nitrogens with one attached hydrogen (secondary N) is 1. The average molecular weight is 284 g/mol. The topological polar surface area (TPSA) is 69.6 Å². The molecule has 19 heavy (non-hydrogen) atoms. The van der Waals surface area contributed by atoms with E-state index in [0.717, 1.165) is 4.90 Å². The van der Waals surface area contributed by atoms with Gasteiger partial charge in [0, 0.05) is 19.6 Å². The first-order valence-electron chi connectivity index (χ1n) is 5.96. The van der Waals surface area contributed by atoms with E-state index in [1.54, 1.807) is 0 Å². The summed E-state index contributed by atoms with van der Waals surface area (Å²) in [6, 6.07) is -1.26. The number of alkyl halides is 3. The Morgan fingerprint density at radius 2 is 1.95 bits per heavy atom. The van der Waals surface area contributed by atoms with Crippen LogP contribution in [-0.2, 0) is 4.79 Å². The van der Waals surface area contributed by atoms with E-state index < -0.39 is 37.2 Å². The molecule has 5 nitrogen and oxygen atoms in total. The smallest absolute Gasteiger partial charge is 0.390 e. The zero-order valence-corrected chi connectivity index (χ0v) is 11.0. The Hall–Kier alpha value is -1.47. The highest BCUT2D eigenvalue weighted by Crippen LogP contribution is 2.19. The second-order valence-corrected chi connectivity index (χ2v) is 4.32. The zero-order chi connectivity index (χ0) is 15.1. The number of carboxylic acid groups (broad SMARTS) is 1. The quantitative estimate of drug-likeness (QED) is 0.753. The third-order valence-electron chi connectivity index (χ3n) is 2.46. The number of carbonyl (C=O) groups excluding carboxylic acids is 1. The van der Waals surface area contributed by atoms with Gasteiger partial charge in [-0.25, -0.2) is 4.79 Å². The van der Waals surface area contributed by atoms with Crippen molar-refractivity contribution in [2.75, 3.05) is 13.6 Å². The molecule has 0 rings (SSSR count). The van der Waals surface area contributed by atoms with E-state index in [1.165, 1.54) is 7.05 Å². The monoisotopic (exact) mass is 284 g/mol. The number of urea groups is 1. The molecule has 0 aromatic heterocycles. The fraction of sp³-hybridized carbons (Fsp3) is 0.818. The van der Waals surface area contributed by atoms with Crippen molar-refractivity contribution in [3.63, 3.8) is 0 Å². The van der Waals surface area contributed by atoms with Crippen molar-refractivity contribution < 1.29 is 27.9 Å². The highest BCUT2D eigenvalue weighted by Gasteiger charge is 2.28. The Kier molecular flexibility index (Phi) is 7.25. The number of halogens is 3. The van der Waals surface area contributed by atoms with Gasteiger partial charge in [0.2, 0.25) is 0 Å². The van der Waals surface area contributed by atoms with Crippen LogP contribution in [0.3, 0.4) is 0 Å². The van der Waals surface area contributed by atoms with Crippen molar-refractivity contribution in [2.45, 2.75) is 44.8 Å². The number of rotatable bonds is 7. The van der Waals surface area contributed by atoms with Crippen molar-refractivity contribution in [3.05, 3.63) is 0 Å². The largest absolute Gasteiger partial charge is 0.481 e. The van der Waals surface area contributed by atoms with Gasteiger partial charge in [-0.2, -0.15) is 13.2 Å². The third-order valence-corrected chi connectivity index (χ3v) is 2.46. The summed E-state index contributed by atoms with van der Waals surface area (Å²) in [7, 11) is 1.24. The molecule has 0 aliphatic carbocycles. The van der Waals surface area contributed by atoms with Crippen LogP contribution < -0.4 is 5.32 Å². The SMILES string of the molecule is CCCC(CC(=O)O)NC(=O)N(C)CCC(F)(F)F. The molecule has 112 valence electrons. The molecular weight excluding hydrogens is 265 g/mol. The van der Waals surface area contributed by atoms with Crippen LogP contribution in [0.25, 0.3) is 0 Å². The standard InChI is InChI=1S/C11H19F3N2O3/c1-3-4-8(7-9(17)18)15-10(19)16(2)6-5-11(12,13)14/h8H,3-7H2,1-2H3,(H,15,19)(H,17,18). The van der Waals surface area contributed by atoms with Gasteiger partial charge < -0.3 is 15.3 Å². The third kappa shape index (κ3) is 9.15. The van der Waals surface area contributed by atoms with Gasteiger partial charge in [0.15, 0.2) is 0 Å². The van der Waals surface area contributed by atoms with Crippen LogP contribution in [0, 0.1) is 0 Å². The van der Waals surface area contributed by atoms with Gasteiger partial charge in [-0.05, 0) is 6.42 Å². The molecular formula is C11H19F3N2O3. The highest BCUT2D eigenvalue weighted by molar-refractivity contribution is 5.75. The first-order chi connectivity index (χ1) is 8.65. The Balaban J connectivity index is 4.26. The summed E-state index contributed by atoms with van der Waals surface area (Å²) >= 11 is 0. The van der Waals surface area contributed by atoms with E-state index in [2.05, 4.69) is 5.32 Å². The number of carboxylic acids is 1. The second kappa shape index (κ2) is 7.85. The van der Waals surface area contributed by atoms with Gasteiger partial charge in [-0.15, -0.1) is 0 Å². The van der Waals surface area contributed by atoms with Gasteiger partial charge in [0.25, 0.3) is 0 Å². The van der Waals surface area contributed by atoms with E-state index in [4.69, 9.17) is 5.11 Å².